The highest BCUT2D eigenvalue weighted by atomic mass is 35.5. The molecule has 124 valence electrons. The average molecular weight is 339 g/mol. The summed E-state index contributed by atoms with van der Waals surface area (Å²) < 4.78 is 0. The number of rotatable bonds is 6. The molecule has 1 aromatic rings. The Bertz CT molecular complexity index is 588. The number of aliphatic carboxylic acids is 1. The van der Waals surface area contributed by atoms with E-state index in [9.17, 15) is 14.4 Å². The highest BCUT2D eigenvalue weighted by molar-refractivity contribution is 6.30. The van der Waals surface area contributed by atoms with Gasteiger partial charge >= 0.3 is 5.97 Å². The summed E-state index contributed by atoms with van der Waals surface area (Å²) in [7, 11) is 0. The van der Waals surface area contributed by atoms with E-state index in [1.807, 2.05) is 0 Å². The molecule has 0 aliphatic carbocycles. The molecule has 23 heavy (non-hydrogen) atoms. The van der Waals surface area contributed by atoms with Crippen LogP contribution in [0.15, 0.2) is 24.3 Å². The smallest absolute Gasteiger partial charge is 0.326 e. The first kappa shape index (κ1) is 17.3. The molecule has 1 aliphatic rings. The van der Waals surface area contributed by atoms with E-state index < -0.39 is 12.0 Å². The number of carboxylic acids is 1. The molecule has 1 saturated heterocycles. The number of hydrogen-bond donors (Lipinski definition) is 2. The molecule has 0 saturated carbocycles. The molecule has 1 aromatic carbocycles. The van der Waals surface area contributed by atoms with Crippen molar-refractivity contribution in [1.82, 2.24) is 10.2 Å². The fraction of sp³-hybridized carbons (Fsp3) is 0.438. The van der Waals surface area contributed by atoms with Gasteiger partial charge in [-0.05, 0) is 43.5 Å². The summed E-state index contributed by atoms with van der Waals surface area (Å²) in [6, 6.07) is 5.83. The zero-order valence-electron chi connectivity index (χ0n) is 12.6. The van der Waals surface area contributed by atoms with Gasteiger partial charge in [-0.1, -0.05) is 11.6 Å². The molecule has 1 aliphatic heterocycles. The van der Waals surface area contributed by atoms with Crippen molar-refractivity contribution < 1.29 is 19.5 Å². The molecule has 0 spiro atoms. The van der Waals surface area contributed by atoms with E-state index in [4.69, 9.17) is 16.7 Å². The lowest BCUT2D eigenvalue weighted by atomic mass is 10.2. The van der Waals surface area contributed by atoms with Crippen molar-refractivity contribution in [1.29, 1.82) is 0 Å². The van der Waals surface area contributed by atoms with E-state index >= 15 is 0 Å². The topological polar surface area (TPSA) is 86.7 Å². The van der Waals surface area contributed by atoms with Crippen LogP contribution in [0.3, 0.4) is 0 Å². The van der Waals surface area contributed by atoms with E-state index in [2.05, 4.69) is 5.32 Å². The molecular formula is C16H19ClN2O4. The molecule has 7 heteroatoms. The van der Waals surface area contributed by atoms with Crippen LogP contribution in [0.5, 0.6) is 0 Å². The molecule has 2 amide bonds. The summed E-state index contributed by atoms with van der Waals surface area (Å²) in [6.45, 7) is 0.853. The van der Waals surface area contributed by atoms with Crippen LogP contribution < -0.4 is 5.32 Å². The highest BCUT2D eigenvalue weighted by Crippen LogP contribution is 2.18. The summed E-state index contributed by atoms with van der Waals surface area (Å²) in [5.74, 6) is -1.35. The minimum atomic E-state index is -0.952. The first-order valence-corrected chi connectivity index (χ1v) is 7.93. The zero-order chi connectivity index (χ0) is 16.8. The Hall–Kier alpha value is -2.08. The predicted molar refractivity (Wildman–Crippen MR) is 85.4 cm³/mol. The molecule has 1 fully saturated rings. The number of nitrogens with one attached hydrogen (secondary N) is 1. The van der Waals surface area contributed by atoms with Crippen molar-refractivity contribution in [3.05, 3.63) is 34.9 Å². The van der Waals surface area contributed by atoms with E-state index in [0.717, 1.165) is 6.42 Å². The molecular weight excluding hydrogens is 320 g/mol. The van der Waals surface area contributed by atoms with Crippen LogP contribution in [-0.2, 0) is 9.59 Å². The second-order valence-electron chi connectivity index (χ2n) is 5.45. The summed E-state index contributed by atoms with van der Waals surface area (Å²) in [5.41, 5.74) is 0.506. The lowest BCUT2D eigenvalue weighted by Gasteiger charge is -2.21. The third kappa shape index (κ3) is 4.69. The Labute approximate surface area is 139 Å². The van der Waals surface area contributed by atoms with Gasteiger partial charge in [0.2, 0.25) is 5.91 Å². The number of nitrogens with zero attached hydrogens (tertiary/aromatic N) is 1. The molecule has 1 heterocycles. The van der Waals surface area contributed by atoms with Gasteiger partial charge in [-0.25, -0.2) is 4.79 Å². The minimum absolute atomic E-state index is 0.171. The number of likely N-dealkylation sites (tertiary alicyclic amines) is 1. The summed E-state index contributed by atoms with van der Waals surface area (Å²) in [6.07, 6.45) is 1.93. The first-order valence-electron chi connectivity index (χ1n) is 7.55. The van der Waals surface area contributed by atoms with Crippen molar-refractivity contribution in [2.75, 3.05) is 13.1 Å². The van der Waals surface area contributed by atoms with E-state index in [1.54, 1.807) is 24.3 Å². The number of halogens is 1. The largest absolute Gasteiger partial charge is 0.480 e. The minimum Gasteiger partial charge on any atom is -0.480 e. The fourth-order valence-corrected chi connectivity index (χ4v) is 2.74. The Morgan fingerprint density at radius 3 is 2.61 bits per heavy atom. The molecule has 1 atom stereocenters. The van der Waals surface area contributed by atoms with Crippen molar-refractivity contribution >= 4 is 29.4 Å². The van der Waals surface area contributed by atoms with E-state index in [1.165, 1.54) is 4.90 Å². The van der Waals surface area contributed by atoms with Crippen LogP contribution >= 0.6 is 11.6 Å². The molecule has 0 unspecified atom stereocenters. The summed E-state index contributed by atoms with van der Waals surface area (Å²) >= 11 is 5.76. The van der Waals surface area contributed by atoms with Crippen LogP contribution in [-0.4, -0.2) is 46.9 Å². The second kappa shape index (κ2) is 7.97. The number of carbonyl (C=O) groups excluding carboxylic acids is 2. The normalized spacial score (nSPS) is 17.1. The molecule has 2 N–H and O–H groups in total. The maximum absolute atomic E-state index is 12.0. The van der Waals surface area contributed by atoms with Gasteiger partial charge in [0.05, 0.1) is 0 Å². The average Bonchev–Trinajstić information content (AvgIpc) is 3.01. The van der Waals surface area contributed by atoms with Crippen molar-refractivity contribution in [2.45, 2.75) is 31.7 Å². The van der Waals surface area contributed by atoms with Crippen molar-refractivity contribution in [3.63, 3.8) is 0 Å². The quantitative estimate of drug-likeness (QED) is 0.776. The van der Waals surface area contributed by atoms with Gasteiger partial charge in [-0.2, -0.15) is 0 Å². The van der Waals surface area contributed by atoms with Gasteiger partial charge < -0.3 is 15.3 Å². The maximum Gasteiger partial charge on any atom is 0.326 e. The number of benzene rings is 1. The van der Waals surface area contributed by atoms with Gasteiger partial charge in [-0.15, -0.1) is 0 Å². The van der Waals surface area contributed by atoms with Crippen LogP contribution in [0.25, 0.3) is 0 Å². The third-order valence-electron chi connectivity index (χ3n) is 3.82. The molecule has 0 aromatic heterocycles. The van der Waals surface area contributed by atoms with Gasteiger partial charge in [0.1, 0.15) is 6.04 Å². The Balaban J connectivity index is 1.72. The molecule has 2 rings (SSSR count). The Kier molecular flexibility index (Phi) is 5.98. The summed E-state index contributed by atoms with van der Waals surface area (Å²) in [5, 5.41) is 12.4. The first-order chi connectivity index (χ1) is 11.0. The zero-order valence-corrected chi connectivity index (χ0v) is 13.4. The number of hydrogen-bond acceptors (Lipinski definition) is 3. The molecule has 6 nitrogen and oxygen atoms in total. The van der Waals surface area contributed by atoms with E-state index in [-0.39, 0.29) is 18.2 Å². The Morgan fingerprint density at radius 1 is 1.26 bits per heavy atom. The van der Waals surface area contributed by atoms with Crippen LogP contribution in [0.4, 0.5) is 0 Å². The highest BCUT2D eigenvalue weighted by Gasteiger charge is 2.33. The number of amides is 2. The lowest BCUT2D eigenvalue weighted by Crippen LogP contribution is -2.40. The maximum atomic E-state index is 12.0. The second-order valence-corrected chi connectivity index (χ2v) is 5.89. The van der Waals surface area contributed by atoms with Crippen LogP contribution in [0.1, 0.15) is 36.0 Å². The van der Waals surface area contributed by atoms with Gasteiger partial charge in [0.15, 0.2) is 0 Å². The van der Waals surface area contributed by atoms with Crippen molar-refractivity contribution in [2.24, 2.45) is 0 Å². The standard InChI is InChI=1S/C16H19ClN2O4/c17-12-7-5-11(6-8-12)15(21)18-9-1-4-14(20)19-10-2-3-13(19)16(22)23/h5-8,13H,1-4,9-10H2,(H,18,21)(H,22,23)/t13-/m0/s1. The SMILES string of the molecule is O=C(NCCCC(=O)N1CCC[C@H]1C(=O)O)c1ccc(Cl)cc1. The van der Waals surface area contributed by atoms with Gasteiger partial charge in [-0.3, -0.25) is 9.59 Å². The van der Waals surface area contributed by atoms with Gasteiger partial charge in [0, 0.05) is 30.1 Å². The number of carboxylic acid groups (broad SMARTS) is 1. The predicted octanol–water partition coefficient (Wildman–Crippen LogP) is 1.93. The lowest BCUT2D eigenvalue weighted by molar-refractivity contribution is -0.148. The van der Waals surface area contributed by atoms with Crippen LogP contribution in [0, 0.1) is 0 Å². The summed E-state index contributed by atoms with van der Waals surface area (Å²) in [4.78, 5) is 36.4. The van der Waals surface area contributed by atoms with Crippen molar-refractivity contribution in [3.8, 4) is 0 Å². The molecule has 0 bridgehead atoms. The van der Waals surface area contributed by atoms with Gasteiger partial charge in [0.25, 0.3) is 5.91 Å². The molecule has 0 radical (unpaired) electrons. The van der Waals surface area contributed by atoms with Crippen LogP contribution in [0.2, 0.25) is 5.02 Å². The number of carbonyl (C=O) groups is 3. The fourth-order valence-electron chi connectivity index (χ4n) is 2.61. The monoisotopic (exact) mass is 338 g/mol. The van der Waals surface area contributed by atoms with E-state index in [0.29, 0.717) is 36.5 Å². The third-order valence-corrected chi connectivity index (χ3v) is 4.07. The Morgan fingerprint density at radius 2 is 1.96 bits per heavy atom.